The summed E-state index contributed by atoms with van der Waals surface area (Å²) >= 11 is 5.82. The highest BCUT2D eigenvalue weighted by Gasteiger charge is 2.25. The standard InChI is InChI=1S/C13H9ClN2O2S/c14-10-6-7-11-12(8-10)19(17,18)16-13(15-11)9-4-2-1-3-5-9/h1-8H,(H,15,16). The first-order valence-corrected chi connectivity index (χ1v) is 7.35. The van der Waals surface area contributed by atoms with Gasteiger partial charge in [-0.2, -0.15) is 8.42 Å². The molecule has 96 valence electrons. The molecule has 1 heterocycles. The van der Waals surface area contributed by atoms with Gasteiger partial charge in [-0.1, -0.05) is 41.9 Å². The van der Waals surface area contributed by atoms with Crippen LogP contribution in [0.4, 0.5) is 5.69 Å². The molecule has 1 aliphatic heterocycles. The average Bonchev–Trinajstić information content (AvgIpc) is 2.40. The fourth-order valence-corrected chi connectivity index (χ4v) is 3.25. The molecule has 2 aromatic carbocycles. The third kappa shape index (κ3) is 2.22. The van der Waals surface area contributed by atoms with E-state index < -0.39 is 10.0 Å². The fourth-order valence-electron chi connectivity index (χ4n) is 1.85. The molecule has 2 aromatic rings. The van der Waals surface area contributed by atoms with Crippen molar-refractivity contribution < 1.29 is 8.42 Å². The lowest BCUT2D eigenvalue weighted by molar-refractivity contribution is 0.598. The van der Waals surface area contributed by atoms with Gasteiger partial charge in [0.15, 0.2) is 5.84 Å². The van der Waals surface area contributed by atoms with Gasteiger partial charge in [0.05, 0.1) is 5.69 Å². The summed E-state index contributed by atoms with van der Waals surface area (Å²) in [7, 11) is -3.72. The van der Waals surface area contributed by atoms with Crippen LogP contribution in [-0.2, 0) is 10.0 Å². The van der Waals surface area contributed by atoms with E-state index in [1.165, 1.54) is 6.07 Å². The first-order valence-electron chi connectivity index (χ1n) is 5.53. The number of fused-ring (bicyclic) bond motifs is 1. The molecule has 0 aromatic heterocycles. The topological polar surface area (TPSA) is 58.5 Å². The van der Waals surface area contributed by atoms with Gasteiger partial charge in [0.1, 0.15) is 4.90 Å². The van der Waals surface area contributed by atoms with Crippen LogP contribution in [0, 0.1) is 0 Å². The number of nitrogens with zero attached hydrogens (tertiary/aromatic N) is 1. The highest BCUT2D eigenvalue weighted by molar-refractivity contribution is 7.90. The average molecular weight is 293 g/mol. The maximum Gasteiger partial charge on any atom is 0.286 e. The molecule has 0 radical (unpaired) electrons. The molecule has 6 heteroatoms. The van der Waals surface area contributed by atoms with Crippen molar-refractivity contribution in [2.75, 3.05) is 5.32 Å². The first-order chi connectivity index (χ1) is 9.06. The van der Waals surface area contributed by atoms with Gasteiger partial charge in [-0.25, -0.2) is 0 Å². The zero-order chi connectivity index (χ0) is 13.5. The fraction of sp³-hybridized carbons (Fsp3) is 0. The Kier molecular flexibility index (Phi) is 2.80. The number of nitrogens with one attached hydrogen (secondary N) is 1. The van der Waals surface area contributed by atoms with Crippen LogP contribution in [0.15, 0.2) is 57.8 Å². The maximum absolute atomic E-state index is 12.1. The van der Waals surface area contributed by atoms with Crippen molar-refractivity contribution in [1.29, 1.82) is 0 Å². The van der Waals surface area contributed by atoms with Crippen LogP contribution in [-0.4, -0.2) is 14.3 Å². The number of rotatable bonds is 1. The van der Waals surface area contributed by atoms with Gasteiger partial charge in [0.2, 0.25) is 0 Å². The number of anilines is 1. The van der Waals surface area contributed by atoms with Crippen LogP contribution >= 0.6 is 11.6 Å². The minimum Gasteiger partial charge on any atom is -0.338 e. The van der Waals surface area contributed by atoms with Gasteiger partial charge >= 0.3 is 0 Å². The van der Waals surface area contributed by atoms with Crippen molar-refractivity contribution in [1.82, 2.24) is 0 Å². The van der Waals surface area contributed by atoms with E-state index in [9.17, 15) is 8.42 Å². The SMILES string of the molecule is O=S1(=O)N=C(c2ccccc2)Nc2ccc(Cl)cc21. The summed E-state index contributed by atoms with van der Waals surface area (Å²) in [6.07, 6.45) is 0. The van der Waals surface area contributed by atoms with Gasteiger partial charge < -0.3 is 5.32 Å². The van der Waals surface area contributed by atoms with Crippen molar-refractivity contribution in [3.63, 3.8) is 0 Å². The smallest absolute Gasteiger partial charge is 0.286 e. The number of hydrogen-bond acceptors (Lipinski definition) is 3. The van der Waals surface area contributed by atoms with Crippen LogP contribution in [0.25, 0.3) is 0 Å². The van der Waals surface area contributed by atoms with E-state index in [1.54, 1.807) is 24.3 Å². The summed E-state index contributed by atoms with van der Waals surface area (Å²) in [5.41, 5.74) is 1.20. The van der Waals surface area contributed by atoms with Gasteiger partial charge in [-0.05, 0) is 18.2 Å². The monoisotopic (exact) mass is 292 g/mol. The van der Waals surface area contributed by atoms with Crippen LogP contribution in [0.2, 0.25) is 5.02 Å². The molecule has 0 spiro atoms. The molecule has 0 bridgehead atoms. The molecule has 0 atom stereocenters. The Labute approximate surface area is 115 Å². The lowest BCUT2D eigenvalue weighted by Gasteiger charge is -2.18. The normalized spacial score (nSPS) is 16.2. The minimum atomic E-state index is -3.72. The predicted octanol–water partition coefficient (Wildman–Crippen LogP) is 2.90. The molecule has 0 amide bonds. The largest absolute Gasteiger partial charge is 0.338 e. The van der Waals surface area contributed by atoms with Crippen molar-refractivity contribution in [2.24, 2.45) is 4.40 Å². The van der Waals surface area contributed by atoms with Gasteiger partial charge in [0.25, 0.3) is 10.0 Å². The second-order valence-corrected chi connectivity index (χ2v) is 6.06. The summed E-state index contributed by atoms with van der Waals surface area (Å²) in [5.74, 6) is 0.315. The molecule has 4 nitrogen and oxygen atoms in total. The highest BCUT2D eigenvalue weighted by atomic mass is 35.5. The van der Waals surface area contributed by atoms with Gasteiger partial charge in [-0.15, -0.1) is 4.40 Å². The molecule has 3 rings (SSSR count). The lowest BCUT2D eigenvalue weighted by atomic mass is 10.2. The number of benzene rings is 2. The molecular weight excluding hydrogens is 284 g/mol. The molecule has 0 saturated heterocycles. The van der Waals surface area contributed by atoms with Crippen molar-refractivity contribution >= 4 is 33.1 Å². The second-order valence-electron chi connectivity index (χ2n) is 4.05. The molecule has 19 heavy (non-hydrogen) atoms. The summed E-state index contributed by atoms with van der Waals surface area (Å²) < 4.78 is 28.0. The van der Waals surface area contributed by atoms with E-state index >= 15 is 0 Å². The molecule has 0 aliphatic carbocycles. The second kappa shape index (κ2) is 4.36. The van der Waals surface area contributed by atoms with Crippen LogP contribution < -0.4 is 5.32 Å². The molecule has 1 aliphatic rings. The van der Waals surface area contributed by atoms with Crippen molar-refractivity contribution in [3.8, 4) is 0 Å². The van der Waals surface area contributed by atoms with Gasteiger partial charge in [0, 0.05) is 10.6 Å². The van der Waals surface area contributed by atoms with E-state index in [4.69, 9.17) is 11.6 Å². The quantitative estimate of drug-likeness (QED) is 0.879. The third-order valence-electron chi connectivity index (χ3n) is 2.73. The Hall–Kier alpha value is -1.85. The Morgan fingerprint density at radius 3 is 2.53 bits per heavy atom. The molecule has 1 N–H and O–H groups in total. The van der Waals surface area contributed by atoms with Crippen LogP contribution in [0.3, 0.4) is 0 Å². The van der Waals surface area contributed by atoms with Gasteiger partial charge in [-0.3, -0.25) is 0 Å². The zero-order valence-corrected chi connectivity index (χ0v) is 11.2. The highest BCUT2D eigenvalue weighted by Crippen LogP contribution is 2.30. The lowest BCUT2D eigenvalue weighted by Crippen LogP contribution is -2.22. The minimum absolute atomic E-state index is 0.0969. The number of halogens is 1. The molecule has 0 fully saturated rings. The first kappa shape index (κ1) is 12.2. The Morgan fingerprint density at radius 2 is 1.79 bits per heavy atom. The van der Waals surface area contributed by atoms with Crippen molar-refractivity contribution in [3.05, 3.63) is 59.1 Å². The van der Waals surface area contributed by atoms with Crippen molar-refractivity contribution in [2.45, 2.75) is 4.90 Å². The van der Waals surface area contributed by atoms with Crippen LogP contribution in [0.5, 0.6) is 0 Å². The summed E-state index contributed by atoms with van der Waals surface area (Å²) in [4.78, 5) is 0.0969. The van der Waals surface area contributed by atoms with E-state index in [0.29, 0.717) is 22.1 Å². The summed E-state index contributed by atoms with van der Waals surface area (Å²) in [6.45, 7) is 0. The number of amidine groups is 1. The third-order valence-corrected chi connectivity index (χ3v) is 4.28. The molecule has 0 saturated carbocycles. The zero-order valence-electron chi connectivity index (χ0n) is 9.67. The Bertz CT molecular complexity index is 770. The van der Waals surface area contributed by atoms with Crippen LogP contribution in [0.1, 0.15) is 5.56 Å². The number of sulfonamides is 1. The predicted molar refractivity (Wildman–Crippen MR) is 75.2 cm³/mol. The maximum atomic E-state index is 12.1. The molecular formula is C13H9ClN2O2S. The van der Waals surface area contributed by atoms with E-state index in [-0.39, 0.29) is 4.90 Å². The number of hydrogen-bond donors (Lipinski definition) is 1. The Morgan fingerprint density at radius 1 is 1.05 bits per heavy atom. The molecule has 0 unspecified atom stereocenters. The summed E-state index contributed by atoms with van der Waals surface area (Å²) in [6, 6.07) is 13.8. The summed E-state index contributed by atoms with van der Waals surface area (Å²) in [5, 5.41) is 3.37. The van der Waals surface area contributed by atoms with E-state index in [2.05, 4.69) is 9.71 Å². The van der Waals surface area contributed by atoms with E-state index in [0.717, 1.165) is 0 Å². The van der Waals surface area contributed by atoms with E-state index in [1.807, 2.05) is 18.2 Å². The Balaban J connectivity index is 2.16.